The Hall–Kier alpha value is -1.51. The molecule has 0 unspecified atom stereocenters. The lowest BCUT2D eigenvalue weighted by molar-refractivity contribution is -0.142. The number of esters is 1. The molecule has 0 aliphatic rings. The lowest BCUT2D eigenvalue weighted by Gasteiger charge is -2.28. The maximum absolute atomic E-state index is 10.9. The summed E-state index contributed by atoms with van der Waals surface area (Å²) in [5.41, 5.74) is 1.83. The van der Waals surface area contributed by atoms with Crippen LogP contribution in [0.4, 0.5) is 0 Å². The predicted octanol–water partition coefficient (Wildman–Crippen LogP) is 4.22. The molecule has 0 atom stereocenters. The number of hydrogen-bond acceptors (Lipinski definition) is 3. The van der Waals surface area contributed by atoms with Gasteiger partial charge in [-0.15, -0.1) is 0 Å². The van der Waals surface area contributed by atoms with Crippen molar-refractivity contribution in [2.24, 2.45) is 0 Å². The van der Waals surface area contributed by atoms with E-state index in [0.29, 0.717) is 6.61 Å². The minimum absolute atomic E-state index is 0.0349. The highest BCUT2D eigenvalue weighted by atomic mass is 16.5. The van der Waals surface area contributed by atoms with E-state index in [0.717, 1.165) is 16.9 Å². The van der Waals surface area contributed by atoms with Crippen LogP contribution in [-0.2, 0) is 21.6 Å². The standard InChI is InChI=1S/C17H26O3/c1-12(18)19-11-13-8-9-15(20-17(5,6)7)14(10-13)16(2,3)4/h8-10H,11H2,1-7H3. The summed E-state index contributed by atoms with van der Waals surface area (Å²) >= 11 is 0. The van der Waals surface area contributed by atoms with Crippen molar-refractivity contribution >= 4 is 5.97 Å². The zero-order valence-corrected chi connectivity index (χ0v) is 13.7. The summed E-state index contributed by atoms with van der Waals surface area (Å²) in [6.45, 7) is 14.3. The summed E-state index contributed by atoms with van der Waals surface area (Å²) in [7, 11) is 0. The van der Waals surface area contributed by atoms with Gasteiger partial charge >= 0.3 is 5.97 Å². The van der Waals surface area contributed by atoms with Crippen LogP contribution >= 0.6 is 0 Å². The van der Waals surface area contributed by atoms with Crippen molar-refractivity contribution < 1.29 is 14.3 Å². The van der Waals surface area contributed by atoms with Crippen LogP contribution in [0.3, 0.4) is 0 Å². The average Bonchev–Trinajstić information content (AvgIpc) is 2.24. The Labute approximate surface area is 122 Å². The van der Waals surface area contributed by atoms with Crippen LogP contribution in [0.5, 0.6) is 5.75 Å². The van der Waals surface area contributed by atoms with Gasteiger partial charge in [0.25, 0.3) is 0 Å². The van der Waals surface area contributed by atoms with Crippen molar-refractivity contribution in [1.29, 1.82) is 0 Å². The number of rotatable bonds is 3. The zero-order chi connectivity index (χ0) is 15.6. The maximum atomic E-state index is 10.9. The first-order valence-electron chi connectivity index (χ1n) is 6.95. The molecule has 0 saturated carbocycles. The first-order valence-corrected chi connectivity index (χ1v) is 6.95. The van der Waals surface area contributed by atoms with Gasteiger partial charge in [-0.25, -0.2) is 0 Å². The smallest absolute Gasteiger partial charge is 0.302 e. The topological polar surface area (TPSA) is 35.5 Å². The normalized spacial score (nSPS) is 12.2. The molecule has 0 fully saturated rings. The highest BCUT2D eigenvalue weighted by Gasteiger charge is 2.22. The van der Waals surface area contributed by atoms with Gasteiger partial charge in [0.05, 0.1) is 0 Å². The lowest BCUT2D eigenvalue weighted by Crippen LogP contribution is -2.25. The van der Waals surface area contributed by atoms with Gasteiger partial charge < -0.3 is 9.47 Å². The Morgan fingerprint density at radius 3 is 2.15 bits per heavy atom. The van der Waals surface area contributed by atoms with Gasteiger partial charge in [0, 0.05) is 6.92 Å². The molecule has 3 nitrogen and oxygen atoms in total. The molecule has 0 heterocycles. The largest absolute Gasteiger partial charge is 0.488 e. The molecular weight excluding hydrogens is 252 g/mol. The van der Waals surface area contributed by atoms with Crippen molar-refractivity contribution in [3.8, 4) is 5.75 Å². The Kier molecular flexibility index (Phi) is 4.85. The predicted molar refractivity (Wildman–Crippen MR) is 81.0 cm³/mol. The third kappa shape index (κ3) is 5.24. The van der Waals surface area contributed by atoms with Gasteiger partial charge in [0.1, 0.15) is 18.0 Å². The van der Waals surface area contributed by atoms with E-state index in [-0.39, 0.29) is 17.0 Å². The van der Waals surface area contributed by atoms with Gasteiger partial charge in [-0.3, -0.25) is 4.79 Å². The highest BCUT2D eigenvalue weighted by Crippen LogP contribution is 2.34. The molecule has 3 heteroatoms. The molecule has 0 aliphatic heterocycles. The summed E-state index contributed by atoms with van der Waals surface area (Å²) in [6, 6.07) is 5.97. The van der Waals surface area contributed by atoms with Crippen LogP contribution in [-0.4, -0.2) is 11.6 Å². The quantitative estimate of drug-likeness (QED) is 0.776. The summed E-state index contributed by atoms with van der Waals surface area (Å²) in [5, 5.41) is 0. The number of carbonyl (C=O) groups excluding carboxylic acids is 1. The van der Waals surface area contributed by atoms with E-state index in [1.165, 1.54) is 6.92 Å². The summed E-state index contributed by atoms with van der Waals surface area (Å²) < 4.78 is 11.1. The minimum atomic E-state index is -0.266. The lowest BCUT2D eigenvalue weighted by atomic mass is 9.85. The van der Waals surface area contributed by atoms with Gasteiger partial charge in [0.15, 0.2) is 0 Å². The van der Waals surface area contributed by atoms with Crippen LogP contribution in [0.25, 0.3) is 0 Å². The fraction of sp³-hybridized carbons (Fsp3) is 0.588. The second-order valence-electron chi connectivity index (χ2n) is 7.08. The molecule has 0 bridgehead atoms. The number of hydrogen-bond donors (Lipinski definition) is 0. The molecule has 1 rings (SSSR count). The Bertz CT molecular complexity index is 476. The molecule has 0 aliphatic carbocycles. The fourth-order valence-corrected chi connectivity index (χ4v) is 1.86. The van der Waals surface area contributed by atoms with Gasteiger partial charge in [-0.05, 0) is 49.4 Å². The van der Waals surface area contributed by atoms with Crippen molar-refractivity contribution in [2.45, 2.75) is 66.1 Å². The molecule has 0 spiro atoms. The van der Waals surface area contributed by atoms with Crippen molar-refractivity contribution in [2.75, 3.05) is 0 Å². The molecule has 0 radical (unpaired) electrons. The summed E-state index contributed by atoms with van der Waals surface area (Å²) in [4.78, 5) is 10.9. The van der Waals surface area contributed by atoms with Crippen LogP contribution in [0.2, 0.25) is 0 Å². The fourth-order valence-electron chi connectivity index (χ4n) is 1.86. The first-order chi connectivity index (χ1) is 8.99. The number of ether oxygens (including phenoxy) is 2. The van der Waals surface area contributed by atoms with E-state index in [4.69, 9.17) is 9.47 Å². The maximum Gasteiger partial charge on any atom is 0.302 e. The van der Waals surface area contributed by atoms with E-state index < -0.39 is 0 Å². The van der Waals surface area contributed by atoms with Crippen molar-refractivity contribution in [3.05, 3.63) is 29.3 Å². The van der Waals surface area contributed by atoms with Crippen molar-refractivity contribution in [3.63, 3.8) is 0 Å². The van der Waals surface area contributed by atoms with Crippen LogP contribution in [0.15, 0.2) is 18.2 Å². The first kappa shape index (κ1) is 16.5. The van der Waals surface area contributed by atoms with Crippen LogP contribution in [0, 0.1) is 0 Å². The van der Waals surface area contributed by atoms with E-state index in [9.17, 15) is 4.79 Å². The van der Waals surface area contributed by atoms with Crippen LogP contribution in [0.1, 0.15) is 59.6 Å². The monoisotopic (exact) mass is 278 g/mol. The molecule has 20 heavy (non-hydrogen) atoms. The highest BCUT2D eigenvalue weighted by molar-refractivity contribution is 5.65. The van der Waals surface area contributed by atoms with Gasteiger partial charge in [-0.1, -0.05) is 26.8 Å². The number of carbonyl (C=O) groups is 1. The number of benzene rings is 1. The molecule has 1 aromatic carbocycles. The third-order valence-electron chi connectivity index (χ3n) is 2.71. The molecule has 0 amide bonds. The summed E-state index contributed by atoms with van der Waals surface area (Å²) in [6.07, 6.45) is 0. The van der Waals surface area contributed by atoms with E-state index in [2.05, 4.69) is 26.8 Å². The van der Waals surface area contributed by atoms with Crippen LogP contribution < -0.4 is 4.74 Å². The molecular formula is C17H26O3. The molecule has 0 N–H and O–H groups in total. The van der Waals surface area contributed by atoms with E-state index in [1.54, 1.807) is 0 Å². The zero-order valence-electron chi connectivity index (χ0n) is 13.7. The molecule has 0 aromatic heterocycles. The Balaban J connectivity index is 3.10. The second kappa shape index (κ2) is 5.86. The minimum Gasteiger partial charge on any atom is -0.488 e. The molecule has 1 aromatic rings. The molecule has 112 valence electrons. The third-order valence-corrected chi connectivity index (χ3v) is 2.71. The van der Waals surface area contributed by atoms with Gasteiger partial charge in [0.2, 0.25) is 0 Å². The average molecular weight is 278 g/mol. The Morgan fingerprint density at radius 1 is 1.10 bits per heavy atom. The SMILES string of the molecule is CC(=O)OCc1ccc(OC(C)(C)C)c(C(C)(C)C)c1. The van der Waals surface area contributed by atoms with E-state index in [1.807, 2.05) is 32.9 Å². The second-order valence-corrected chi connectivity index (χ2v) is 7.08. The van der Waals surface area contributed by atoms with Gasteiger partial charge in [-0.2, -0.15) is 0 Å². The summed E-state index contributed by atoms with van der Waals surface area (Å²) in [5.74, 6) is 0.619. The van der Waals surface area contributed by atoms with E-state index >= 15 is 0 Å². The molecule has 0 saturated heterocycles. The Morgan fingerprint density at radius 2 is 1.70 bits per heavy atom. The van der Waals surface area contributed by atoms with Crippen molar-refractivity contribution in [1.82, 2.24) is 0 Å².